The summed E-state index contributed by atoms with van der Waals surface area (Å²) in [6.07, 6.45) is 2.53. The van der Waals surface area contributed by atoms with Gasteiger partial charge in [-0.1, -0.05) is 11.6 Å². The quantitative estimate of drug-likeness (QED) is 0.534. The number of aliphatic imine (C=N–C) groups is 1. The number of hydrogen-bond donors (Lipinski definition) is 2. The van der Waals surface area contributed by atoms with Gasteiger partial charge in [0, 0.05) is 23.9 Å². The average molecular weight is 532 g/mol. The van der Waals surface area contributed by atoms with Gasteiger partial charge < -0.3 is 20.2 Å². The summed E-state index contributed by atoms with van der Waals surface area (Å²) in [6.45, 7) is 0.767. The van der Waals surface area contributed by atoms with Crippen molar-refractivity contribution in [2.24, 2.45) is 10.7 Å². The minimum absolute atomic E-state index is 0.0577. The van der Waals surface area contributed by atoms with Crippen LogP contribution in [0.15, 0.2) is 41.5 Å². The number of benzene rings is 1. The van der Waals surface area contributed by atoms with Crippen molar-refractivity contribution in [2.75, 3.05) is 18.6 Å². The Morgan fingerprint density at radius 3 is 2.83 bits per heavy atom. The van der Waals surface area contributed by atoms with Crippen molar-refractivity contribution in [3.8, 4) is 5.75 Å². The number of amides is 1. The molecule has 9 nitrogen and oxygen atoms in total. The highest BCUT2D eigenvalue weighted by Crippen LogP contribution is 2.56. The third kappa shape index (κ3) is 3.05. The molecule has 12 heteroatoms. The number of nitrogens with one attached hydrogen (secondary N) is 1. The number of hydrogen-bond acceptors (Lipinski definition) is 7. The van der Waals surface area contributed by atoms with Crippen LogP contribution < -0.4 is 15.8 Å². The van der Waals surface area contributed by atoms with E-state index < -0.39 is 38.0 Å². The number of imidazole rings is 1. The summed E-state index contributed by atoms with van der Waals surface area (Å²) >= 11 is 6.07. The molecule has 4 heterocycles. The first kappa shape index (κ1) is 23.2. The number of amidine groups is 1. The van der Waals surface area contributed by atoms with Gasteiger partial charge in [-0.3, -0.25) is 9.79 Å². The van der Waals surface area contributed by atoms with Crippen molar-refractivity contribution in [1.29, 1.82) is 0 Å². The number of ether oxygens (including phenoxy) is 1. The van der Waals surface area contributed by atoms with Gasteiger partial charge in [-0.05, 0) is 50.1 Å². The Bertz CT molecular complexity index is 1580. The molecule has 1 amide bonds. The second kappa shape index (κ2) is 7.66. The highest BCUT2D eigenvalue weighted by molar-refractivity contribution is 7.94. The number of fused-ring (bicyclic) bond motifs is 4. The first-order valence-electron chi connectivity index (χ1n) is 11.5. The van der Waals surface area contributed by atoms with E-state index in [1.165, 1.54) is 6.07 Å². The average Bonchev–Trinajstić information content (AvgIpc) is 3.62. The number of pyridine rings is 1. The molecule has 2 aromatic heterocycles. The van der Waals surface area contributed by atoms with E-state index >= 15 is 0 Å². The molecular formula is C24H23ClFN5O4S. The molecule has 2 unspecified atom stereocenters. The van der Waals surface area contributed by atoms with Crippen LogP contribution in [0.3, 0.4) is 0 Å². The third-order valence-corrected chi connectivity index (χ3v) is 10.8. The zero-order chi connectivity index (χ0) is 25.5. The molecule has 3 aromatic rings. The number of carbonyl (C=O) groups excluding carboxylic acids is 1. The van der Waals surface area contributed by atoms with Gasteiger partial charge in [-0.25, -0.2) is 17.8 Å². The number of anilines is 1. The number of alkyl halides is 1. The van der Waals surface area contributed by atoms with E-state index in [1.807, 2.05) is 0 Å². The smallest absolute Gasteiger partial charge is 0.276 e. The zero-order valence-corrected chi connectivity index (χ0v) is 20.9. The summed E-state index contributed by atoms with van der Waals surface area (Å²) in [4.78, 5) is 22.0. The van der Waals surface area contributed by atoms with Gasteiger partial charge in [0.1, 0.15) is 39.9 Å². The fourth-order valence-corrected chi connectivity index (χ4v) is 8.30. The third-order valence-electron chi connectivity index (χ3n) is 7.52. The number of nitrogens with two attached hydrogens (primary N) is 1. The first-order valence-corrected chi connectivity index (χ1v) is 13.4. The predicted molar refractivity (Wildman–Crippen MR) is 133 cm³/mol. The van der Waals surface area contributed by atoms with Crippen LogP contribution in [0.25, 0.3) is 5.65 Å². The van der Waals surface area contributed by atoms with E-state index in [-0.39, 0.29) is 30.1 Å². The second-order valence-corrected chi connectivity index (χ2v) is 12.4. The molecule has 1 aromatic carbocycles. The Balaban J connectivity index is 1.42. The lowest BCUT2D eigenvalue weighted by Gasteiger charge is -2.41. The van der Waals surface area contributed by atoms with Gasteiger partial charge in [-0.2, -0.15) is 0 Å². The lowest BCUT2D eigenvalue weighted by molar-refractivity contribution is 0.102. The standard InChI is InChI=1S/C24H23ClFN5O4S/c1-13-20(29-19-5-2-14(25)11-31(13)19)21(32)28-15-3-4-17-16(10-15)24(12-26)18(6-9-35-17)36(33,34)23(7-8-23)22(27)30-24/h2-5,10-11,18H,6-9,12H2,1H3,(H2,27,30)(H,28,32). The molecule has 0 radical (unpaired) electrons. The van der Waals surface area contributed by atoms with Gasteiger partial charge in [0.15, 0.2) is 9.84 Å². The van der Waals surface area contributed by atoms with E-state index in [2.05, 4.69) is 15.3 Å². The highest BCUT2D eigenvalue weighted by Gasteiger charge is 2.68. The van der Waals surface area contributed by atoms with Gasteiger partial charge >= 0.3 is 0 Å². The summed E-state index contributed by atoms with van der Waals surface area (Å²) < 4.78 is 48.4. The van der Waals surface area contributed by atoms with Gasteiger partial charge in [0.25, 0.3) is 5.91 Å². The molecule has 188 valence electrons. The molecule has 2 aliphatic heterocycles. The van der Waals surface area contributed by atoms with Crippen LogP contribution in [-0.4, -0.2) is 52.8 Å². The number of halogens is 2. The van der Waals surface area contributed by atoms with Crippen LogP contribution in [0.2, 0.25) is 5.02 Å². The molecule has 36 heavy (non-hydrogen) atoms. The van der Waals surface area contributed by atoms with Crippen LogP contribution in [0, 0.1) is 6.92 Å². The van der Waals surface area contributed by atoms with E-state index in [0.717, 1.165) is 0 Å². The van der Waals surface area contributed by atoms with E-state index in [1.54, 1.807) is 41.8 Å². The Morgan fingerprint density at radius 2 is 2.11 bits per heavy atom. The number of aromatic nitrogens is 2. The number of carbonyl (C=O) groups is 1. The van der Waals surface area contributed by atoms with E-state index in [4.69, 9.17) is 22.1 Å². The Hall–Kier alpha value is -3.18. The maximum Gasteiger partial charge on any atom is 0.276 e. The Labute approximate surface area is 211 Å². The van der Waals surface area contributed by atoms with E-state index in [9.17, 15) is 17.6 Å². The molecule has 3 N–H and O–H groups in total. The molecule has 1 fully saturated rings. The summed E-state index contributed by atoms with van der Waals surface area (Å²) in [5, 5.41) is 2.17. The molecule has 1 aliphatic carbocycles. The largest absolute Gasteiger partial charge is 0.493 e. The summed E-state index contributed by atoms with van der Waals surface area (Å²) in [7, 11) is -3.83. The normalized spacial score (nSPS) is 25.3. The lowest BCUT2D eigenvalue weighted by atomic mass is 9.85. The number of rotatable bonds is 3. The fraction of sp³-hybridized carbons (Fsp3) is 0.375. The topological polar surface area (TPSA) is 128 Å². The van der Waals surface area contributed by atoms with Gasteiger partial charge in [0.05, 0.1) is 22.6 Å². The number of aryl methyl sites for hydroxylation is 1. The van der Waals surface area contributed by atoms with Gasteiger partial charge in [-0.15, -0.1) is 0 Å². The van der Waals surface area contributed by atoms with Crippen LogP contribution in [-0.2, 0) is 15.4 Å². The second-order valence-electron chi connectivity index (χ2n) is 9.51. The molecule has 0 saturated heterocycles. The van der Waals surface area contributed by atoms with Crippen LogP contribution in [0.4, 0.5) is 10.1 Å². The highest BCUT2D eigenvalue weighted by atomic mass is 35.5. The zero-order valence-electron chi connectivity index (χ0n) is 19.3. The van der Waals surface area contributed by atoms with Crippen molar-refractivity contribution < 1.29 is 22.3 Å². The molecule has 1 spiro atoms. The molecule has 6 rings (SSSR count). The molecule has 3 aliphatic rings. The van der Waals surface area contributed by atoms with Crippen molar-refractivity contribution in [3.05, 3.63) is 58.5 Å². The monoisotopic (exact) mass is 531 g/mol. The minimum Gasteiger partial charge on any atom is -0.493 e. The van der Waals surface area contributed by atoms with Crippen molar-refractivity contribution >= 4 is 44.5 Å². The Morgan fingerprint density at radius 1 is 1.33 bits per heavy atom. The minimum atomic E-state index is -3.83. The Kier molecular flexibility index (Phi) is 4.94. The van der Waals surface area contributed by atoms with Crippen LogP contribution >= 0.6 is 11.6 Å². The molecule has 1 saturated carbocycles. The van der Waals surface area contributed by atoms with Gasteiger partial charge in [0.2, 0.25) is 0 Å². The molecule has 0 bridgehead atoms. The van der Waals surface area contributed by atoms with E-state index in [0.29, 0.717) is 40.6 Å². The SMILES string of the molecule is Cc1c(C(=O)Nc2ccc3c(c2)C2(CF)N=C(N)C4(CC4)S(=O)(=O)C2CCO3)nc2ccc(Cl)cn12. The van der Waals surface area contributed by atoms with Crippen molar-refractivity contribution in [2.45, 2.75) is 41.7 Å². The van der Waals surface area contributed by atoms with Crippen molar-refractivity contribution in [3.63, 3.8) is 0 Å². The molecule has 2 atom stereocenters. The van der Waals surface area contributed by atoms with Crippen LogP contribution in [0.1, 0.15) is 41.0 Å². The first-order chi connectivity index (χ1) is 17.1. The summed E-state index contributed by atoms with van der Waals surface area (Å²) in [5.74, 6) is -0.230. The van der Waals surface area contributed by atoms with Crippen LogP contribution in [0.5, 0.6) is 5.75 Å². The predicted octanol–water partition coefficient (Wildman–Crippen LogP) is 3.18. The lowest BCUT2D eigenvalue weighted by Crippen LogP contribution is -2.58. The number of nitrogens with zero attached hydrogens (tertiary/aromatic N) is 3. The van der Waals surface area contributed by atoms with Crippen molar-refractivity contribution in [1.82, 2.24) is 9.38 Å². The number of sulfone groups is 1. The fourth-order valence-electron chi connectivity index (χ4n) is 5.42. The maximum absolute atomic E-state index is 14.9. The maximum atomic E-state index is 14.9. The summed E-state index contributed by atoms with van der Waals surface area (Å²) in [6, 6.07) is 8.10. The molecular weight excluding hydrogens is 509 g/mol. The summed E-state index contributed by atoms with van der Waals surface area (Å²) in [5.41, 5.74) is 6.32.